The zero-order chi connectivity index (χ0) is 19.4. The number of likely N-dealkylation sites (tertiary alicyclic amines) is 1. The Morgan fingerprint density at radius 3 is 2.85 bits per heavy atom. The van der Waals surface area contributed by atoms with Crippen LogP contribution in [0.5, 0.6) is 5.75 Å². The molecule has 1 aliphatic rings. The van der Waals surface area contributed by atoms with Crippen molar-refractivity contribution in [3.63, 3.8) is 0 Å². The van der Waals surface area contributed by atoms with Gasteiger partial charge in [-0.05, 0) is 37.5 Å². The molecule has 2 aromatic rings. The smallest absolute Gasteiger partial charge is 0.340 e. The van der Waals surface area contributed by atoms with Crippen LogP contribution in [0.25, 0.3) is 11.0 Å². The van der Waals surface area contributed by atoms with E-state index in [9.17, 15) is 14.4 Å². The molecular weight excluding hydrogens is 348 g/mol. The van der Waals surface area contributed by atoms with E-state index in [-0.39, 0.29) is 18.2 Å². The van der Waals surface area contributed by atoms with Gasteiger partial charge in [0.15, 0.2) is 0 Å². The number of rotatable bonds is 7. The fourth-order valence-electron chi connectivity index (χ4n) is 3.37. The quantitative estimate of drug-likeness (QED) is 0.591. The molecule has 1 fully saturated rings. The van der Waals surface area contributed by atoms with Gasteiger partial charge in [0.1, 0.15) is 11.3 Å². The van der Waals surface area contributed by atoms with E-state index in [2.05, 4.69) is 5.32 Å². The number of carbonyl (C=O) groups is 2. The molecular formula is C20H24N2O5. The first-order valence-electron chi connectivity index (χ1n) is 9.14. The second kappa shape index (κ2) is 8.24. The maximum Gasteiger partial charge on any atom is 0.340 e. The monoisotopic (exact) mass is 372 g/mol. The fraction of sp³-hybridized carbons (Fsp3) is 0.450. The normalized spacial score (nSPS) is 14.0. The van der Waals surface area contributed by atoms with Crippen molar-refractivity contribution in [1.82, 2.24) is 10.2 Å². The predicted molar refractivity (Wildman–Crippen MR) is 101 cm³/mol. The van der Waals surface area contributed by atoms with Crippen molar-refractivity contribution in [2.45, 2.75) is 32.6 Å². The first-order chi connectivity index (χ1) is 13.0. The van der Waals surface area contributed by atoms with E-state index in [0.29, 0.717) is 42.8 Å². The van der Waals surface area contributed by atoms with E-state index >= 15 is 0 Å². The summed E-state index contributed by atoms with van der Waals surface area (Å²) in [6.07, 6.45) is 2.20. The molecule has 2 amide bonds. The van der Waals surface area contributed by atoms with Gasteiger partial charge in [-0.25, -0.2) is 4.79 Å². The third kappa shape index (κ3) is 4.30. The van der Waals surface area contributed by atoms with Crippen LogP contribution in [0.3, 0.4) is 0 Å². The maximum absolute atomic E-state index is 12.3. The Morgan fingerprint density at radius 1 is 1.33 bits per heavy atom. The summed E-state index contributed by atoms with van der Waals surface area (Å²) in [4.78, 5) is 37.9. The third-order valence-corrected chi connectivity index (χ3v) is 4.93. The Kier molecular flexibility index (Phi) is 5.78. The van der Waals surface area contributed by atoms with Crippen LogP contribution in [-0.2, 0) is 16.0 Å². The molecule has 0 unspecified atom stereocenters. The van der Waals surface area contributed by atoms with Crippen molar-refractivity contribution in [3.8, 4) is 5.75 Å². The van der Waals surface area contributed by atoms with Crippen LogP contribution >= 0.6 is 0 Å². The average molecular weight is 372 g/mol. The number of amides is 2. The summed E-state index contributed by atoms with van der Waals surface area (Å²) in [6.45, 7) is 3.73. The van der Waals surface area contributed by atoms with Gasteiger partial charge in [-0.1, -0.05) is 0 Å². The number of ether oxygens (including phenoxy) is 1. The van der Waals surface area contributed by atoms with E-state index in [1.807, 2.05) is 17.9 Å². The van der Waals surface area contributed by atoms with Gasteiger partial charge in [0.05, 0.1) is 19.1 Å². The molecule has 0 saturated carbocycles. The van der Waals surface area contributed by atoms with E-state index in [0.717, 1.165) is 23.9 Å². The second-order valence-corrected chi connectivity index (χ2v) is 6.72. The summed E-state index contributed by atoms with van der Waals surface area (Å²) in [7, 11) is 1.55. The Morgan fingerprint density at radius 2 is 2.15 bits per heavy atom. The van der Waals surface area contributed by atoms with Gasteiger partial charge >= 0.3 is 5.63 Å². The molecule has 0 aliphatic carbocycles. The zero-order valence-electron chi connectivity index (χ0n) is 15.7. The van der Waals surface area contributed by atoms with Crippen LogP contribution in [0.4, 0.5) is 0 Å². The minimum Gasteiger partial charge on any atom is -0.497 e. The van der Waals surface area contributed by atoms with E-state index < -0.39 is 5.63 Å². The van der Waals surface area contributed by atoms with Gasteiger partial charge in [-0.3, -0.25) is 9.59 Å². The Labute approximate surface area is 157 Å². The number of carbonyl (C=O) groups excluding carboxylic acids is 2. The predicted octanol–water partition coefficient (Wildman–Crippen LogP) is 1.78. The summed E-state index contributed by atoms with van der Waals surface area (Å²) in [5, 5.41) is 3.60. The van der Waals surface area contributed by atoms with Crippen LogP contribution in [0.2, 0.25) is 0 Å². The van der Waals surface area contributed by atoms with E-state index in [1.165, 1.54) is 0 Å². The molecule has 1 aliphatic heterocycles. The highest BCUT2D eigenvalue weighted by Crippen LogP contribution is 2.24. The van der Waals surface area contributed by atoms with Crippen molar-refractivity contribution >= 4 is 22.8 Å². The molecule has 0 bridgehead atoms. The zero-order valence-corrected chi connectivity index (χ0v) is 15.7. The highest BCUT2D eigenvalue weighted by Gasteiger charge is 2.19. The first kappa shape index (κ1) is 18.9. The number of nitrogens with one attached hydrogen (secondary N) is 1. The average Bonchev–Trinajstić information content (AvgIpc) is 3.06. The molecule has 1 N–H and O–H groups in total. The van der Waals surface area contributed by atoms with Crippen LogP contribution in [0.1, 0.15) is 30.4 Å². The van der Waals surface area contributed by atoms with Gasteiger partial charge in [-0.2, -0.15) is 0 Å². The number of fused-ring (bicyclic) bond motifs is 1. The lowest BCUT2D eigenvalue weighted by Crippen LogP contribution is -2.32. The van der Waals surface area contributed by atoms with Crippen LogP contribution in [0.15, 0.2) is 27.4 Å². The lowest BCUT2D eigenvalue weighted by atomic mass is 10.0. The number of aryl methyl sites for hydroxylation is 1. The summed E-state index contributed by atoms with van der Waals surface area (Å²) >= 11 is 0. The number of hydrogen-bond acceptors (Lipinski definition) is 5. The van der Waals surface area contributed by atoms with Gasteiger partial charge < -0.3 is 19.4 Å². The van der Waals surface area contributed by atoms with Crippen molar-refractivity contribution in [2.75, 3.05) is 26.7 Å². The molecule has 0 radical (unpaired) electrons. The summed E-state index contributed by atoms with van der Waals surface area (Å²) in [5.41, 5.74) is 1.03. The van der Waals surface area contributed by atoms with Crippen LogP contribution in [-0.4, -0.2) is 43.5 Å². The minimum absolute atomic E-state index is 0.0290. The SMILES string of the molecule is COc1ccc2c(C)c(CC(=O)NCCCN3CCCC3=O)c(=O)oc2c1. The third-order valence-electron chi connectivity index (χ3n) is 4.93. The maximum atomic E-state index is 12.3. The molecule has 7 nitrogen and oxygen atoms in total. The van der Waals surface area contributed by atoms with Crippen molar-refractivity contribution in [1.29, 1.82) is 0 Å². The highest BCUT2D eigenvalue weighted by molar-refractivity contribution is 5.85. The molecule has 27 heavy (non-hydrogen) atoms. The lowest BCUT2D eigenvalue weighted by molar-refractivity contribution is -0.127. The second-order valence-electron chi connectivity index (χ2n) is 6.72. The van der Waals surface area contributed by atoms with Crippen LogP contribution < -0.4 is 15.7 Å². The topological polar surface area (TPSA) is 88.9 Å². The van der Waals surface area contributed by atoms with Gasteiger partial charge in [0, 0.05) is 37.5 Å². The van der Waals surface area contributed by atoms with Crippen molar-refractivity contribution in [2.24, 2.45) is 0 Å². The van der Waals surface area contributed by atoms with Gasteiger partial charge in [-0.15, -0.1) is 0 Å². The number of benzene rings is 1. The van der Waals surface area contributed by atoms with Crippen molar-refractivity contribution in [3.05, 3.63) is 39.7 Å². The van der Waals surface area contributed by atoms with Gasteiger partial charge in [0.25, 0.3) is 0 Å². The van der Waals surface area contributed by atoms with E-state index in [4.69, 9.17) is 9.15 Å². The molecule has 144 valence electrons. The van der Waals surface area contributed by atoms with Crippen molar-refractivity contribution < 1.29 is 18.7 Å². The molecule has 1 aromatic carbocycles. The molecule has 3 rings (SSSR count). The van der Waals surface area contributed by atoms with Crippen LogP contribution in [0, 0.1) is 6.92 Å². The summed E-state index contributed by atoms with van der Waals surface area (Å²) in [6, 6.07) is 5.27. The number of nitrogens with zero attached hydrogens (tertiary/aromatic N) is 1. The minimum atomic E-state index is -0.508. The molecule has 2 heterocycles. The largest absolute Gasteiger partial charge is 0.497 e. The fourth-order valence-corrected chi connectivity index (χ4v) is 3.37. The number of hydrogen-bond donors (Lipinski definition) is 1. The highest BCUT2D eigenvalue weighted by atomic mass is 16.5. The lowest BCUT2D eigenvalue weighted by Gasteiger charge is -2.15. The Balaban J connectivity index is 1.61. The molecule has 1 aromatic heterocycles. The Hall–Kier alpha value is -2.83. The molecule has 1 saturated heterocycles. The summed E-state index contributed by atoms with van der Waals surface area (Å²) < 4.78 is 10.5. The number of methoxy groups -OCH3 is 1. The molecule has 0 atom stereocenters. The molecule has 7 heteroatoms. The Bertz CT molecular complexity index is 918. The standard InChI is InChI=1S/C20H24N2O5/c1-13-15-7-6-14(26-2)11-17(15)27-20(25)16(13)12-18(23)21-8-4-10-22-9-3-5-19(22)24/h6-7,11H,3-5,8-10,12H2,1-2H3,(H,21,23). The molecule has 0 spiro atoms. The first-order valence-corrected chi connectivity index (χ1v) is 9.14. The van der Waals surface area contributed by atoms with Gasteiger partial charge in [0.2, 0.25) is 11.8 Å². The van der Waals surface area contributed by atoms with E-state index in [1.54, 1.807) is 19.2 Å². The summed E-state index contributed by atoms with van der Waals surface area (Å²) in [5.74, 6) is 0.556.